The summed E-state index contributed by atoms with van der Waals surface area (Å²) >= 11 is 0. The van der Waals surface area contributed by atoms with Crippen LogP contribution >= 0.6 is 0 Å². The zero-order chi connectivity index (χ0) is 28.0. The number of aryl methyl sites for hydroxylation is 1. The number of allylic oxidation sites excluding steroid dienone is 2. The standard InChI is InChI=1S/C8H10.C8H18.C7H14.C3H5F.C3H8.C2H6.C2H4/c1-2-8-6-4-3-5-7-8;1-4-6-8(3)7-5-2;1-4-6-7(3)5-2;1-2-3-4;1-3-2;2*1-2/h3-7H,2H2,1H3;8H,4-7H2,1-3H3;4,7H,1,5-6H2,2-3H3;2-3H,1H3;3H2,1-2H3;1-2H3;1-2H2/b;;;3-2+;;;. The van der Waals surface area contributed by atoms with E-state index in [9.17, 15) is 4.39 Å². The van der Waals surface area contributed by atoms with Gasteiger partial charge in [0.25, 0.3) is 0 Å². The van der Waals surface area contributed by atoms with E-state index in [4.69, 9.17) is 0 Å². The summed E-state index contributed by atoms with van der Waals surface area (Å²) in [5.74, 6) is 1.79. The van der Waals surface area contributed by atoms with Gasteiger partial charge in [-0.15, -0.1) is 19.7 Å². The molecule has 0 bridgehead atoms. The minimum absolute atomic E-state index is 0.500. The third kappa shape index (κ3) is 63.1. The van der Waals surface area contributed by atoms with Gasteiger partial charge in [-0.25, -0.2) is 4.39 Å². The van der Waals surface area contributed by atoms with Gasteiger partial charge in [0.2, 0.25) is 0 Å². The Bertz CT molecular complexity index is 411. The summed E-state index contributed by atoms with van der Waals surface area (Å²) in [7, 11) is 0. The Labute approximate surface area is 217 Å². The lowest BCUT2D eigenvalue weighted by atomic mass is 10.0. The van der Waals surface area contributed by atoms with Crippen molar-refractivity contribution >= 4 is 0 Å². The second-order valence-corrected chi connectivity index (χ2v) is 7.73. The number of rotatable bonds is 8. The van der Waals surface area contributed by atoms with E-state index in [1.54, 1.807) is 6.92 Å². The summed E-state index contributed by atoms with van der Waals surface area (Å²) in [5.41, 5.74) is 1.41. The van der Waals surface area contributed by atoms with Crippen molar-refractivity contribution in [1.82, 2.24) is 0 Å². The van der Waals surface area contributed by atoms with Gasteiger partial charge in [0.1, 0.15) is 0 Å². The smallest absolute Gasteiger partial charge is 0.0824 e. The molecular formula is C33H65F. The summed E-state index contributed by atoms with van der Waals surface area (Å²) in [6, 6.07) is 10.5. The molecule has 0 aliphatic rings. The SMILES string of the molecule is C/C=C/F.C=C.C=CCC(C)CC.CC.CCC.CCCC(C)CCC.CCc1ccccc1. The minimum atomic E-state index is 0.500. The van der Waals surface area contributed by atoms with Gasteiger partial charge in [-0.3, -0.25) is 0 Å². The van der Waals surface area contributed by atoms with Gasteiger partial charge in [-0.1, -0.05) is 150 Å². The highest BCUT2D eigenvalue weighted by Gasteiger charge is 1.95. The number of benzene rings is 1. The lowest BCUT2D eigenvalue weighted by Crippen LogP contribution is -1.91. The molecule has 0 radical (unpaired) electrons. The largest absolute Gasteiger partial charge is 0.216 e. The monoisotopic (exact) mass is 481 g/mol. The van der Waals surface area contributed by atoms with Gasteiger partial charge in [0, 0.05) is 0 Å². The van der Waals surface area contributed by atoms with Crippen LogP contribution in [-0.4, -0.2) is 0 Å². The van der Waals surface area contributed by atoms with Crippen molar-refractivity contribution in [1.29, 1.82) is 0 Å². The van der Waals surface area contributed by atoms with Crippen LogP contribution < -0.4 is 0 Å². The molecule has 1 rings (SSSR count). The molecule has 0 saturated heterocycles. The molecule has 34 heavy (non-hydrogen) atoms. The van der Waals surface area contributed by atoms with Gasteiger partial charge in [0.05, 0.1) is 6.33 Å². The average Bonchev–Trinajstić information content (AvgIpc) is 2.89. The Kier molecular flexibility index (Phi) is 71.4. The molecule has 1 aromatic rings. The molecular weight excluding hydrogens is 415 g/mol. The van der Waals surface area contributed by atoms with Crippen molar-refractivity contribution in [2.45, 2.75) is 128 Å². The Hall–Kier alpha value is -1.63. The molecule has 0 aliphatic heterocycles. The maximum absolute atomic E-state index is 10.5. The van der Waals surface area contributed by atoms with Gasteiger partial charge >= 0.3 is 0 Å². The van der Waals surface area contributed by atoms with Gasteiger partial charge in [-0.2, -0.15) is 0 Å². The maximum atomic E-state index is 10.5. The molecule has 0 amide bonds. The normalized spacial score (nSPS) is 9.32. The second kappa shape index (κ2) is 53.0. The molecule has 1 atom stereocenters. The lowest BCUT2D eigenvalue weighted by molar-refractivity contribution is 0.480. The van der Waals surface area contributed by atoms with E-state index in [2.05, 4.69) is 99.4 Å². The highest BCUT2D eigenvalue weighted by Crippen LogP contribution is 2.10. The van der Waals surface area contributed by atoms with Crippen molar-refractivity contribution in [2.75, 3.05) is 0 Å². The van der Waals surface area contributed by atoms with Gasteiger partial charge < -0.3 is 0 Å². The van der Waals surface area contributed by atoms with Crippen LogP contribution in [-0.2, 0) is 6.42 Å². The lowest BCUT2D eigenvalue weighted by Gasteiger charge is -2.05. The molecule has 204 valence electrons. The first kappa shape index (κ1) is 45.8. The van der Waals surface area contributed by atoms with Crippen LogP contribution in [0, 0.1) is 11.8 Å². The summed E-state index contributed by atoms with van der Waals surface area (Å²) < 4.78 is 10.5. The fraction of sp³-hybridized carbons (Fsp3) is 0.636. The summed E-state index contributed by atoms with van der Waals surface area (Å²) in [5, 5.41) is 0. The van der Waals surface area contributed by atoms with Crippen LogP contribution in [0.5, 0.6) is 0 Å². The predicted octanol–water partition coefficient (Wildman–Crippen LogP) is 12.8. The fourth-order valence-electron chi connectivity index (χ4n) is 2.29. The number of halogens is 1. The molecule has 0 heterocycles. The van der Waals surface area contributed by atoms with Crippen molar-refractivity contribution in [3.63, 3.8) is 0 Å². The van der Waals surface area contributed by atoms with Gasteiger partial charge in [0.15, 0.2) is 0 Å². The molecule has 0 aromatic heterocycles. The molecule has 0 fully saturated rings. The first-order valence-corrected chi connectivity index (χ1v) is 13.7. The highest BCUT2D eigenvalue weighted by atomic mass is 19.1. The van der Waals surface area contributed by atoms with E-state index >= 15 is 0 Å². The molecule has 1 heteroatoms. The summed E-state index contributed by atoms with van der Waals surface area (Å²) in [6.07, 6.45) is 14.2. The van der Waals surface area contributed by atoms with Crippen LogP contribution in [0.3, 0.4) is 0 Å². The topological polar surface area (TPSA) is 0 Å². The maximum Gasteiger partial charge on any atom is 0.0824 e. The number of hydrogen-bond donors (Lipinski definition) is 0. The minimum Gasteiger partial charge on any atom is -0.216 e. The molecule has 0 spiro atoms. The Morgan fingerprint density at radius 1 is 0.824 bits per heavy atom. The zero-order valence-corrected chi connectivity index (χ0v) is 25.4. The quantitative estimate of drug-likeness (QED) is 0.324. The Morgan fingerprint density at radius 3 is 1.38 bits per heavy atom. The first-order chi connectivity index (χ1) is 16.4. The van der Waals surface area contributed by atoms with Crippen molar-refractivity contribution in [2.24, 2.45) is 11.8 Å². The van der Waals surface area contributed by atoms with E-state index in [0.29, 0.717) is 6.33 Å². The van der Waals surface area contributed by atoms with E-state index in [0.717, 1.165) is 24.7 Å². The molecule has 0 N–H and O–H groups in total. The van der Waals surface area contributed by atoms with Crippen molar-refractivity contribution in [3.05, 3.63) is 74.1 Å². The van der Waals surface area contributed by atoms with Crippen LogP contribution in [0.1, 0.15) is 127 Å². The van der Waals surface area contributed by atoms with Crippen LogP contribution in [0.25, 0.3) is 0 Å². The third-order valence-electron chi connectivity index (χ3n) is 4.21. The predicted molar refractivity (Wildman–Crippen MR) is 164 cm³/mol. The molecule has 0 nitrogen and oxygen atoms in total. The van der Waals surface area contributed by atoms with Crippen molar-refractivity contribution < 1.29 is 4.39 Å². The highest BCUT2D eigenvalue weighted by molar-refractivity contribution is 5.13. The van der Waals surface area contributed by atoms with E-state index in [1.165, 1.54) is 50.2 Å². The van der Waals surface area contributed by atoms with E-state index < -0.39 is 0 Å². The Balaban J connectivity index is -0.0000000718. The first-order valence-electron chi connectivity index (χ1n) is 13.7. The summed E-state index contributed by atoms with van der Waals surface area (Å²) in [6.45, 7) is 33.0. The second-order valence-electron chi connectivity index (χ2n) is 7.73. The number of hydrogen-bond acceptors (Lipinski definition) is 0. The fourth-order valence-corrected chi connectivity index (χ4v) is 2.29. The van der Waals surface area contributed by atoms with Crippen LogP contribution in [0.2, 0.25) is 0 Å². The zero-order valence-electron chi connectivity index (χ0n) is 25.4. The van der Waals surface area contributed by atoms with Crippen LogP contribution in [0.4, 0.5) is 4.39 Å². The summed E-state index contributed by atoms with van der Waals surface area (Å²) in [4.78, 5) is 0. The molecule has 1 unspecified atom stereocenters. The van der Waals surface area contributed by atoms with Gasteiger partial charge in [-0.05, 0) is 37.2 Å². The van der Waals surface area contributed by atoms with Crippen molar-refractivity contribution in [3.8, 4) is 0 Å². The van der Waals surface area contributed by atoms with E-state index in [1.807, 2.05) is 26.0 Å². The molecule has 0 saturated carbocycles. The van der Waals surface area contributed by atoms with E-state index in [-0.39, 0.29) is 0 Å². The van der Waals surface area contributed by atoms with Crippen LogP contribution in [0.15, 0.2) is 68.6 Å². The molecule has 1 aromatic carbocycles. The Morgan fingerprint density at radius 2 is 1.21 bits per heavy atom. The average molecular weight is 481 g/mol. The molecule has 0 aliphatic carbocycles. The third-order valence-corrected chi connectivity index (χ3v) is 4.21.